The summed E-state index contributed by atoms with van der Waals surface area (Å²) in [5.74, 6) is 1.95. The van der Waals surface area contributed by atoms with Crippen molar-refractivity contribution in [1.82, 2.24) is 19.8 Å². The first-order valence-corrected chi connectivity index (χ1v) is 9.20. The van der Waals surface area contributed by atoms with Gasteiger partial charge in [0.2, 0.25) is 0 Å². The lowest BCUT2D eigenvalue weighted by atomic mass is 10.1. The van der Waals surface area contributed by atoms with Crippen LogP contribution in [0.4, 0.5) is 0 Å². The fourth-order valence-corrected chi connectivity index (χ4v) is 4.16. The summed E-state index contributed by atoms with van der Waals surface area (Å²) >= 11 is 12.1. The van der Waals surface area contributed by atoms with Crippen molar-refractivity contribution in [3.05, 3.63) is 52.0 Å². The van der Waals surface area contributed by atoms with E-state index in [1.54, 1.807) is 23.2 Å². The number of piperidine rings is 1. The molecular formula is C18H20Cl2N4O. The molecule has 25 heavy (non-hydrogen) atoms. The molecule has 1 aliphatic carbocycles. The Hall–Kier alpha value is -1.56. The highest BCUT2D eigenvalue weighted by Gasteiger charge is 2.53. The molecule has 2 aromatic rings. The number of nitrogens with one attached hydrogen (secondary N) is 1. The Bertz CT molecular complexity index is 796. The van der Waals surface area contributed by atoms with Crippen LogP contribution in [0, 0.1) is 17.8 Å². The average Bonchev–Trinajstić information content (AvgIpc) is 2.98. The third-order valence-corrected chi connectivity index (χ3v) is 6.01. The van der Waals surface area contributed by atoms with Crippen LogP contribution < -0.4 is 5.32 Å². The Kier molecular flexibility index (Phi) is 4.48. The second kappa shape index (κ2) is 6.63. The van der Waals surface area contributed by atoms with Crippen molar-refractivity contribution in [2.75, 3.05) is 19.6 Å². The van der Waals surface area contributed by atoms with Gasteiger partial charge < -0.3 is 14.8 Å². The summed E-state index contributed by atoms with van der Waals surface area (Å²) in [5.41, 5.74) is 1.45. The maximum absolute atomic E-state index is 13.0. The molecule has 0 bridgehead atoms. The number of amides is 1. The van der Waals surface area contributed by atoms with Gasteiger partial charge in [0, 0.05) is 26.3 Å². The van der Waals surface area contributed by atoms with Crippen LogP contribution in [0.15, 0.2) is 30.7 Å². The molecule has 2 aliphatic rings. The van der Waals surface area contributed by atoms with Crippen LogP contribution >= 0.6 is 23.2 Å². The number of carbonyl (C=O) groups excluding carboxylic acids is 1. The van der Waals surface area contributed by atoms with E-state index < -0.39 is 0 Å². The predicted molar refractivity (Wildman–Crippen MR) is 97.8 cm³/mol. The maximum atomic E-state index is 13.0. The second-order valence-electron chi connectivity index (χ2n) is 7.01. The molecule has 0 radical (unpaired) electrons. The zero-order valence-electron chi connectivity index (χ0n) is 14.0. The molecule has 7 heteroatoms. The van der Waals surface area contributed by atoms with E-state index in [4.69, 9.17) is 23.2 Å². The van der Waals surface area contributed by atoms with Crippen LogP contribution in [0.3, 0.4) is 0 Å². The van der Waals surface area contributed by atoms with Gasteiger partial charge in [0.1, 0.15) is 5.69 Å². The van der Waals surface area contributed by atoms with Crippen molar-refractivity contribution in [2.24, 2.45) is 24.8 Å². The third-order valence-electron chi connectivity index (χ3n) is 5.27. The van der Waals surface area contributed by atoms with Gasteiger partial charge in [0.25, 0.3) is 5.91 Å². The molecule has 2 atom stereocenters. The van der Waals surface area contributed by atoms with Gasteiger partial charge in [-0.2, -0.15) is 0 Å². The molecule has 5 nitrogen and oxygen atoms in total. The van der Waals surface area contributed by atoms with Gasteiger partial charge >= 0.3 is 0 Å². The SMILES string of the molecule is Cn1cnc(C(=O)N(Cc2ccc(Cl)c(Cl)c2)CC2C3CNCC32)c1. The minimum absolute atomic E-state index is 0.0374. The van der Waals surface area contributed by atoms with Crippen LogP contribution in [0.1, 0.15) is 16.1 Å². The van der Waals surface area contributed by atoms with Crippen LogP contribution in [0.25, 0.3) is 0 Å². The summed E-state index contributed by atoms with van der Waals surface area (Å²) in [6, 6.07) is 5.53. The minimum Gasteiger partial charge on any atom is -0.340 e. The number of carbonyl (C=O) groups is 1. The zero-order valence-corrected chi connectivity index (χ0v) is 15.5. The average molecular weight is 379 g/mol. The van der Waals surface area contributed by atoms with Crippen LogP contribution in [0.2, 0.25) is 10.0 Å². The molecule has 1 saturated heterocycles. The number of fused-ring (bicyclic) bond motifs is 1. The quantitative estimate of drug-likeness (QED) is 0.869. The van der Waals surface area contributed by atoms with E-state index in [-0.39, 0.29) is 5.91 Å². The zero-order chi connectivity index (χ0) is 17.6. The van der Waals surface area contributed by atoms with E-state index in [1.807, 2.05) is 24.1 Å². The number of imidazole rings is 1. The lowest BCUT2D eigenvalue weighted by Gasteiger charge is -2.23. The Morgan fingerprint density at radius 3 is 2.72 bits per heavy atom. The molecule has 2 fully saturated rings. The van der Waals surface area contributed by atoms with Crippen LogP contribution in [-0.4, -0.2) is 40.0 Å². The van der Waals surface area contributed by atoms with Gasteiger partial charge in [-0.1, -0.05) is 29.3 Å². The fraction of sp³-hybridized carbons (Fsp3) is 0.444. The van der Waals surface area contributed by atoms with Crippen molar-refractivity contribution in [1.29, 1.82) is 0 Å². The monoisotopic (exact) mass is 378 g/mol. The molecular weight excluding hydrogens is 359 g/mol. The number of halogens is 2. The minimum atomic E-state index is -0.0374. The number of benzene rings is 1. The summed E-state index contributed by atoms with van der Waals surface area (Å²) in [4.78, 5) is 19.1. The molecule has 1 aliphatic heterocycles. The topological polar surface area (TPSA) is 50.2 Å². The molecule has 1 N–H and O–H groups in total. The third kappa shape index (κ3) is 3.41. The maximum Gasteiger partial charge on any atom is 0.274 e. The highest BCUT2D eigenvalue weighted by molar-refractivity contribution is 6.42. The summed E-state index contributed by atoms with van der Waals surface area (Å²) < 4.78 is 1.79. The van der Waals surface area contributed by atoms with Gasteiger partial charge in [-0.15, -0.1) is 0 Å². The summed E-state index contributed by atoms with van der Waals surface area (Å²) in [6.07, 6.45) is 3.42. The number of hydrogen-bond acceptors (Lipinski definition) is 3. The van der Waals surface area contributed by atoms with E-state index in [2.05, 4.69) is 10.3 Å². The first-order chi connectivity index (χ1) is 12.0. The van der Waals surface area contributed by atoms with E-state index >= 15 is 0 Å². The van der Waals surface area contributed by atoms with Crippen molar-refractivity contribution >= 4 is 29.1 Å². The smallest absolute Gasteiger partial charge is 0.274 e. The number of aryl methyl sites for hydroxylation is 1. The number of aromatic nitrogens is 2. The lowest BCUT2D eigenvalue weighted by molar-refractivity contribution is 0.0723. The van der Waals surface area contributed by atoms with Crippen molar-refractivity contribution in [3.8, 4) is 0 Å². The molecule has 4 rings (SSSR count). The Labute approximate surface area is 156 Å². The van der Waals surface area contributed by atoms with Crippen LogP contribution in [0.5, 0.6) is 0 Å². The molecule has 2 heterocycles. The predicted octanol–water partition coefficient (Wildman–Crippen LogP) is 2.83. The molecule has 132 valence electrons. The van der Waals surface area contributed by atoms with Gasteiger partial charge in [-0.25, -0.2) is 4.98 Å². The van der Waals surface area contributed by atoms with E-state index in [0.717, 1.165) is 25.2 Å². The highest BCUT2D eigenvalue weighted by atomic mass is 35.5. The van der Waals surface area contributed by atoms with E-state index in [1.165, 1.54) is 0 Å². The number of rotatable bonds is 5. The van der Waals surface area contributed by atoms with Gasteiger partial charge in [0.05, 0.1) is 16.4 Å². The fourth-order valence-electron chi connectivity index (χ4n) is 3.83. The number of nitrogens with zero attached hydrogens (tertiary/aromatic N) is 3. The standard InChI is InChI=1S/C18H20Cl2N4O/c1-23-9-17(22-10-23)18(25)24(8-14-12-5-21-6-13(12)14)7-11-2-3-15(19)16(20)4-11/h2-4,9-10,12-14,21H,5-8H2,1H3. The summed E-state index contributed by atoms with van der Waals surface area (Å²) in [6.45, 7) is 3.39. The largest absolute Gasteiger partial charge is 0.340 e. The molecule has 1 saturated carbocycles. The van der Waals surface area contributed by atoms with Crippen molar-refractivity contribution in [3.63, 3.8) is 0 Å². The van der Waals surface area contributed by atoms with E-state index in [0.29, 0.717) is 40.0 Å². The molecule has 0 spiro atoms. The normalized spacial score (nSPS) is 24.2. The molecule has 1 amide bonds. The summed E-state index contributed by atoms with van der Waals surface area (Å²) in [7, 11) is 1.87. The highest BCUT2D eigenvalue weighted by Crippen LogP contribution is 2.49. The number of hydrogen-bond donors (Lipinski definition) is 1. The summed E-state index contributed by atoms with van der Waals surface area (Å²) in [5, 5.41) is 4.44. The first kappa shape index (κ1) is 16.9. The van der Waals surface area contributed by atoms with Crippen LogP contribution in [-0.2, 0) is 13.6 Å². The Balaban J connectivity index is 1.54. The van der Waals surface area contributed by atoms with Gasteiger partial charge in [0.15, 0.2) is 0 Å². The van der Waals surface area contributed by atoms with Crippen molar-refractivity contribution < 1.29 is 4.79 Å². The first-order valence-electron chi connectivity index (χ1n) is 8.45. The van der Waals surface area contributed by atoms with E-state index in [9.17, 15) is 4.79 Å². The Morgan fingerprint density at radius 2 is 2.08 bits per heavy atom. The van der Waals surface area contributed by atoms with Gasteiger partial charge in [-0.3, -0.25) is 4.79 Å². The lowest BCUT2D eigenvalue weighted by Crippen LogP contribution is -2.34. The molecule has 1 aromatic heterocycles. The molecule has 1 aromatic carbocycles. The second-order valence-corrected chi connectivity index (χ2v) is 7.82. The van der Waals surface area contributed by atoms with Gasteiger partial charge in [-0.05, 0) is 48.5 Å². The molecule has 2 unspecified atom stereocenters. The van der Waals surface area contributed by atoms with Crippen molar-refractivity contribution in [2.45, 2.75) is 6.54 Å². The Morgan fingerprint density at radius 1 is 1.32 bits per heavy atom.